The normalized spacial score (nSPS) is 11.8. The van der Waals surface area contributed by atoms with Crippen LogP contribution >= 0.6 is 11.3 Å². The molecule has 0 aliphatic heterocycles. The van der Waals surface area contributed by atoms with E-state index in [0.717, 1.165) is 26.5 Å². The van der Waals surface area contributed by atoms with Crippen molar-refractivity contribution < 1.29 is 8.82 Å². The summed E-state index contributed by atoms with van der Waals surface area (Å²) >= 11 is 1.61. The highest BCUT2D eigenvalue weighted by atomic mass is 32.1. The van der Waals surface area contributed by atoms with E-state index in [9.17, 15) is 4.39 Å². The molecule has 3 aromatic rings. The molecule has 0 N–H and O–H groups in total. The van der Waals surface area contributed by atoms with E-state index in [1.807, 2.05) is 18.2 Å². The molecule has 0 fully saturated rings. The molecule has 0 spiro atoms. The topological polar surface area (TPSA) is 22.1 Å². The molecule has 0 radical (unpaired) electrons. The van der Waals surface area contributed by atoms with Gasteiger partial charge in [0.2, 0.25) is 8.32 Å². The first kappa shape index (κ1) is 14.2. The van der Waals surface area contributed by atoms with Crippen molar-refractivity contribution in [1.29, 1.82) is 0 Å². The van der Waals surface area contributed by atoms with E-state index in [4.69, 9.17) is 4.43 Å². The molecule has 0 saturated carbocycles. The van der Waals surface area contributed by atoms with Crippen molar-refractivity contribution in [3.05, 3.63) is 48.3 Å². The third-order valence-corrected chi connectivity index (χ3v) is 4.81. The van der Waals surface area contributed by atoms with Gasteiger partial charge >= 0.3 is 0 Å². The lowest BCUT2D eigenvalue weighted by molar-refractivity contribution is 0.558. The van der Waals surface area contributed by atoms with Crippen molar-refractivity contribution in [3.63, 3.8) is 0 Å². The molecule has 21 heavy (non-hydrogen) atoms. The molecular weight excluding hydrogens is 301 g/mol. The lowest BCUT2D eigenvalue weighted by Gasteiger charge is -2.18. The molecule has 0 bridgehead atoms. The number of hydrogen-bond donors (Lipinski definition) is 0. The van der Waals surface area contributed by atoms with Crippen LogP contribution in [-0.4, -0.2) is 13.3 Å². The van der Waals surface area contributed by atoms with Gasteiger partial charge in [-0.1, -0.05) is 0 Å². The average Bonchev–Trinajstić information content (AvgIpc) is 2.80. The number of rotatable bonds is 3. The highest BCUT2D eigenvalue weighted by molar-refractivity contribution is 7.21. The number of hydrogen-bond acceptors (Lipinski definition) is 3. The summed E-state index contributed by atoms with van der Waals surface area (Å²) in [6, 6.07) is 12.4. The molecule has 0 unspecified atom stereocenters. The molecule has 108 valence electrons. The van der Waals surface area contributed by atoms with Gasteiger partial charge in [-0.15, -0.1) is 11.3 Å². The Labute approximate surface area is 128 Å². The molecule has 0 amide bonds. The highest BCUT2D eigenvalue weighted by Crippen LogP contribution is 2.32. The molecule has 1 heterocycles. The summed E-state index contributed by atoms with van der Waals surface area (Å²) in [6.07, 6.45) is 0. The van der Waals surface area contributed by atoms with Gasteiger partial charge in [0, 0.05) is 11.6 Å². The summed E-state index contributed by atoms with van der Waals surface area (Å²) < 4.78 is 20.1. The number of thiazole rings is 1. The monoisotopic (exact) mass is 317 g/mol. The van der Waals surface area contributed by atoms with Crippen molar-refractivity contribution in [1.82, 2.24) is 4.98 Å². The second-order valence-electron chi connectivity index (χ2n) is 5.87. The Morgan fingerprint density at radius 1 is 1.05 bits per heavy atom. The smallest absolute Gasteiger partial charge is 0.242 e. The fraction of sp³-hybridized carbons (Fsp3) is 0.188. The van der Waals surface area contributed by atoms with Crippen LogP contribution in [0.15, 0.2) is 42.5 Å². The SMILES string of the molecule is C[Si](C)(C)Oc1ccc2sc(-c3ccc(F)cc3)nc2c1. The first-order valence-corrected chi connectivity index (χ1v) is 11.0. The first-order chi connectivity index (χ1) is 9.90. The quantitative estimate of drug-likeness (QED) is 0.610. The van der Waals surface area contributed by atoms with Crippen molar-refractivity contribution in [3.8, 4) is 16.3 Å². The van der Waals surface area contributed by atoms with E-state index in [0.29, 0.717) is 0 Å². The lowest BCUT2D eigenvalue weighted by atomic mass is 10.2. The summed E-state index contributed by atoms with van der Waals surface area (Å²) in [5.41, 5.74) is 1.86. The van der Waals surface area contributed by atoms with Crippen LogP contribution in [0, 0.1) is 5.82 Å². The first-order valence-electron chi connectivity index (χ1n) is 6.76. The van der Waals surface area contributed by atoms with Gasteiger partial charge in [-0.25, -0.2) is 9.37 Å². The van der Waals surface area contributed by atoms with E-state index in [-0.39, 0.29) is 5.82 Å². The van der Waals surface area contributed by atoms with Gasteiger partial charge in [-0.05, 0) is 56.0 Å². The summed E-state index contributed by atoms with van der Waals surface area (Å²) in [6.45, 7) is 6.46. The number of aromatic nitrogens is 1. The Hall–Kier alpha value is -1.72. The van der Waals surface area contributed by atoms with Gasteiger partial charge in [0.15, 0.2) is 0 Å². The van der Waals surface area contributed by atoms with Crippen molar-refractivity contribution in [2.45, 2.75) is 19.6 Å². The Balaban J connectivity index is 1.98. The standard InChI is InChI=1S/C16H16FNOSSi/c1-21(2,3)19-13-8-9-15-14(10-13)18-16(20-15)11-4-6-12(17)7-5-11/h4-10H,1-3H3. The van der Waals surface area contributed by atoms with Crippen LogP contribution in [-0.2, 0) is 0 Å². The van der Waals surface area contributed by atoms with Crippen LogP contribution < -0.4 is 4.43 Å². The molecule has 5 heteroatoms. The van der Waals surface area contributed by atoms with Gasteiger partial charge < -0.3 is 4.43 Å². The van der Waals surface area contributed by atoms with Gasteiger partial charge in [0.1, 0.15) is 16.6 Å². The Morgan fingerprint density at radius 2 is 1.76 bits per heavy atom. The molecule has 0 aliphatic rings. The molecule has 3 rings (SSSR count). The van der Waals surface area contributed by atoms with E-state index in [1.165, 1.54) is 12.1 Å². The van der Waals surface area contributed by atoms with Crippen LogP contribution in [0.2, 0.25) is 19.6 Å². The zero-order valence-corrected chi connectivity index (χ0v) is 14.0. The van der Waals surface area contributed by atoms with Gasteiger partial charge in [0.05, 0.1) is 10.2 Å². The van der Waals surface area contributed by atoms with E-state index in [1.54, 1.807) is 23.5 Å². The van der Waals surface area contributed by atoms with Crippen LogP contribution in [0.3, 0.4) is 0 Å². The fourth-order valence-electron chi connectivity index (χ4n) is 2.04. The third-order valence-electron chi connectivity index (χ3n) is 2.87. The Bertz CT molecular complexity index is 777. The molecular formula is C16H16FNOSSi. The molecule has 2 aromatic carbocycles. The van der Waals surface area contributed by atoms with Crippen molar-refractivity contribution >= 4 is 29.9 Å². The average molecular weight is 317 g/mol. The summed E-state index contributed by atoms with van der Waals surface area (Å²) in [7, 11) is -1.61. The molecule has 0 atom stereocenters. The molecule has 0 saturated heterocycles. The zero-order chi connectivity index (χ0) is 15.0. The fourth-order valence-corrected chi connectivity index (χ4v) is 3.83. The third kappa shape index (κ3) is 3.31. The molecule has 2 nitrogen and oxygen atoms in total. The van der Waals surface area contributed by atoms with Crippen LogP contribution in [0.4, 0.5) is 4.39 Å². The molecule has 1 aromatic heterocycles. The van der Waals surface area contributed by atoms with Gasteiger partial charge in [-0.3, -0.25) is 0 Å². The number of nitrogens with zero attached hydrogens (tertiary/aromatic N) is 1. The van der Waals surface area contributed by atoms with Crippen LogP contribution in [0.5, 0.6) is 5.75 Å². The lowest BCUT2D eigenvalue weighted by Crippen LogP contribution is -2.29. The predicted molar refractivity (Wildman–Crippen MR) is 89.0 cm³/mol. The minimum atomic E-state index is -1.61. The second-order valence-corrected chi connectivity index (χ2v) is 11.3. The summed E-state index contributed by atoms with van der Waals surface area (Å²) in [4.78, 5) is 4.63. The number of benzene rings is 2. The zero-order valence-electron chi connectivity index (χ0n) is 12.2. The number of halogens is 1. The number of fused-ring (bicyclic) bond motifs is 1. The van der Waals surface area contributed by atoms with E-state index in [2.05, 4.69) is 24.6 Å². The second kappa shape index (κ2) is 5.24. The minimum absolute atomic E-state index is 0.231. The van der Waals surface area contributed by atoms with Crippen molar-refractivity contribution in [2.24, 2.45) is 0 Å². The highest BCUT2D eigenvalue weighted by Gasteiger charge is 2.17. The van der Waals surface area contributed by atoms with Crippen LogP contribution in [0.25, 0.3) is 20.8 Å². The molecule has 0 aliphatic carbocycles. The van der Waals surface area contributed by atoms with Crippen LogP contribution in [0.1, 0.15) is 0 Å². The maximum Gasteiger partial charge on any atom is 0.242 e. The van der Waals surface area contributed by atoms with E-state index < -0.39 is 8.32 Å². The van der Waals surface area contributed by atoms with E-state index >= 15 is 0 Å². The van der Waals surface area contributed by atoms with Crippen molar-refractivity contribution in [2.75, 3.05) is 0 Å². The largest absolute Gasteiger partial charge is 0.544 e. The maximum absolute atomic E-state index is 13.0. The minimum Gasteiger partial charge on any atom is -0.544 e. The Morgan fingerprint density at radius 3 is 2.43 bits per heavy atom. The predicted octanol–water partition coefficient (Wildman–Crippen LogP) is 5.32. The van der Waals surface area contributed by atoms with Gasteiger partial charge in [-0.2, -0.15) is 0 Å². The Kier molecular flexibility index (Phi) is 3.55. The maximum atomic E-state index is 13.0. The summed E-state index contributed by atoms with van der Waals surface area (Å²) in [5, 5.41) is 0.898. The summed E-state index contributed by atoms with van der Waals surface area (Å²) in [5.74, 6) is 0.642. The van der Waals surface area contributed by atoms with Gasteiger partial charge in [0.25, 0.3) is 0 Å².